The molecular formula is C12H21NO2S. The molecular weight excluding hydrogens is 222 g/mol. The van der Waals surface area contributed by atoms with E-state index in [1.807, 2.05) is 6.07 Å². The summed E-state index contributed by atoms with van der Waals surface area (Å²) in [5.74, 6) is 0.997. The van der Waals surface area contributed by atoms with Crippen molar-refractivity contribution >= 4 is 11.3 Å². The molecule has 4 heteroatoms. The number of hydrogen-bond acceptors (Lipinski definition) is 4. The van der Waals surface area contributed by atoms with Gasteiger partial charge < -0.3 is 14.8 Å². The van der Waals surface area contributed by atoms with Crippen molar-refractivity contribution in [2.75, 3.05) is 27.4 Å². The van der Waals surface area contributed by atoms with E-state index < -0.39 is 0 Å². The SMILES string of the molecule is COCCCCCNCc1sccc1OC. The van der Waals surface area contributed by atoms with E-state index in [1.54, 1.807) is 25.6 Å². The minimum absolute atomic E-state index is 0.874. The molecule has 92 valence electrons. The van der Waals surface area contributed by atoms with Crippen molar-refractivity contribution in [1.29, 1.82) is 0 Å². The quantitative estimate of drug-likeness (QED) is 0.676. The van der Waals surface area contributed by atoms with Crippen molar-refractivity contribution in [1.82, 2.24) is 5.32 Å². The normalized spacial score (nSPS) is 10.6. The standard InChI is InChI=1S/C12H21NO2S/c1-14-8-5-3-4-7-13-10-12-11(15-2)6-9-16-12/h6,9,13H,3-5,7-8,10H2,1-2H3. The fraction of sp³-hybridized carbons (Fsp3) is 0.667. The van der Waals surface area contributed by atoms with E-state index >= 15 is 0 Å². The van der Waals surface area contributed by atoms with Crippen LogP contribution < -0.4 is 10.1 Å². The molecule has 0 amide bonds. The monoisotopic (exact) mass is 243 g/mol. The number of unbranched alkanes of at least 4 members (excludes halogenated alkanes) is 2. The van der Waals surface area contributed by atoms with Crippen molar-refractivity contribution < 1.29 is 9.47 Å². The topological polar surface area (TPSA) is 30.5 Å². The third-order valence-electron chi connectivity index (χ3n) is 2.41. The van der Waals surface area contributed by atoms with Crippen LogP contribution in [0.25, 0.3) is 0 Å². The smallest absolute Gasteiger partial charge is 0.134 e. The zero-order valence-electron chi connectivity index (χ0n) is 10.1. The number of ether oxygens (including phenoxy) is 2. The van der Waals surface area contributed by atoms with E-state index in [4.69, 9.17) is 9.47 Å². The Morgan fingerprint density at radius 2 is 2.12 bits per heavy atom. The maximum atomic E-state index is 5.25. The Morgan fingerprint density at radius 3 is 2.88 bits per heavy atom. The average Bonchev–Trinajstić information content (AvgIpc) is 2.75. The van der Waals surface area contributed by atoms with Gasteiger partial charge in [0.05, 0.1) is 12.0 Å². The molecule has 0 aliphatic rings. The van der Waals surface area contributed by atoms with E-state index in [0.717, 1.165) is 31.9 Å². The van der Waals surface area contributed by atoms with Gasteiger partial charge in [0.15, 0.2) is 0 Å². The molecule has 1 aromatic heterocycles. The number of methoxy groups -OCH3 is 2. The van der Waals surface area contributed by atoms with Gasteiger partial charge in [-0.25, -0.2) is 0 Å². The Bertz CT molecular complexity index is 276. The third kappa shape index (κ3) is 4.96. The lowest BCUT2D eigenvalue weighted by molar-refractivity contribution is 0.192. The third-order valence-corrected chi connectivity index (χ3v) is 3.31. The van der Waals surface area contributed by atoms with Gasteiger partial charge in [-0.05, 0) is 37.3 Å². The molecule has 0 bridgehead atoms. The first-order valence-electron chi connectivity index (χ1n) is 5.68. The lowest BCUT2D eigenvalue weighted by atomic mass is 10.2. The van der Waals surface area contributed by atoms with Crippen molar-refractivity contribution in [3.63, 3.8) is 0 Å². The van der Waals surface area contributed by atoms with Crippen molar-refractivity contribution in [3.8, 4) is 5.75 Å². The largest absolute Gasteiger partial charge is 0.496 e. The highest BCUT2D eigenvalue weighted by Crippen LogP contribution is 2.23. The van der Waals surface area contributed by atoms with Crippen LogP contribution in [-0.4, -0.2) is 27.4 Å². The summed E-state index contributed by atoms with van der Waals surface area (Å²) in [6.45, 7) is 2.84. The van der Waals surface area contributed by atoms with E-state index in [2.05, 4.69) is 10.7 Å². The number of thiophene rings is 1. The maximum absolute atomic E-state index is 5.25. The van der Waals surface area contributed by atoms with Crippen LogP contribution in [0.5, 0.6) is 5.75 Å². The van der Waals surface area contributed by atoms with Gasteiger partial charge in [0.2, 0.25) is 0 Å². The van der Waals surface area contributed by atoms with Gasteiger partial charge in [-0.2, -0.15) is 0 Å². The van der Waals surface area contributed by atoms with Crippen LogP contribution >= 0.6 is 11.3 Å². The summed E-state index contributed by atoms with van der Waals surface area (Å²) in [5, 5.41) is 5.49. The average molecular weight is 243 g/mol. The van der Waals surface area contributed by atoms with Gasteiger partial charge in [0.25, 0.3) is 0 Å². The molecule has 0 fully saturated rings. The summed E-state index contributed by atoms with van der Waals surface area (Å²) in [6, 6.07) is 2.01. The Kier molecular flexibility index (Phi) is 7.21. The number of hydrogen-bond donors (Lipinski definition) is 1. The molecule has 1 N–H and O–H groups in total. The van der Waals surface area contributed by atoms with Gasteiger partial charge in [-0.1, -0.05) is 0 Å². The van der Waals surface area contributed by atoms with E-state index in [-0.39, 0.29) is 0 Å². The first kappa shape index (κ1) is 13.5. The van der Waals surface area contributed by atoms with Crippen LogP contribution in [0.15, 0.2) is 11.4 Å². The molecule has 3 nitrogen and oxygen atoms in total. The number of rotatable bonds is 9. The highest BCUT2D eigenvalue weighted by Gasteiger charge is 2.02. The highest BCUT2D eigenvalue weighted by molar-refractivity contribution is 7.10. The lowest BCUT2D eigenvalue weighted by Crippen LogP contribution is -2.14. The highest BCUT2D eigenvalue weighted by atomic mass is 32.1. The van der Waals surface area contributed by atoms with Crippen LogP contribution in [0.2, 0.25) is 0 Å². The van der Waals surface area contributed by atoms with Crippen molar-refractivity contribution in [3.05, 3.63) is 16.3 Å². The second kappa shape index (κ2) is 8.56. The van der Waals surface area contributed by atoms with Gasteiger partial charge in [-0.3, -0.25) is 0 Å². The molecule has 16 heavy (non-hydrogen) atoms. The van der Waals surface area contributed by atoms with E-state index in [0.29, 0.717) is 0 Å². The Hall–Kier alpha value is -0.580. The molecule has 0 radical (unpaired) electrons. The lowest BCUT2D eigenvalue weighted by Gasteiger charge is -2.05. The first-order valence-corrected chi connectivity index (χ1v) is 6.56. The molecule has 0 atom stereocenters. The molecule has 1 rings (SSSR count). The zero-order chi connectivity index (χ0) is 11.6. The van der Waals surface area contributed by atoms with Crippen LogP contribution in [0.3, 0.4) is 0 Å². The number of nitrogens with one attached hydrogen (secondary N) is 1. The second-order valence-electron chi connectivity index (χ2n) is 3.64. The first-order chi connectivity index (χ1) is 7.88. The second-order valence-corrected chi connectivity index (χ2v) is 4.64. The summed E-state index contributed by atoms with van der Waals surface area (Å²) in [6.07, 6.45) is 3.58. The van der Waals surface area contributed by atoms with Crippen molar-refractivity contribution in [2.24, 2.45) is 0 Å². The van der Waals surface area contributed by atoms with Crippen LogP contribution in [0, 0.1) is 0 Å². The molecule has 0 saturated carbocycles. The minimum atomic E-state index is 0.874. The summed E-state index contributed by atoms with van der Waals surface area (Å²) >= 11 is 1.74. The molecule has 0 aliphatic carbocycles. The molecule has 0 aliphatic heterocycles. The van der Waals surface area contributed by atoms with Crippen LogP contribution in [-0.2, 0) is 11.3 Å². The Balaban J connectivity index is 2.03. The van der Waals surface area contributed by atoms with E-state index in [1.165, 1.54) is 17.7 Å². The zero-order valence-corrected chi connectivity index (χ0v) is 10.9. The predicted octanol–water partition coefficient (Wildman–Crippen LogP) is 2.66. The minimum Gasteiger partial charge on any atom is -0.496 e. The predicted molar refractivity (Wildman–Crippen MR) is 68.3 cm³/mol. The van der Waals surface area contributed by atoms with Gasteiger partial charge >= 0.3 is 0 Å². The Labute approximate surface area is 102 Å². The Morgan fingerprint density at radius 1 is 1.25 bits per heavy atom. The molecule has 0 unspecified atom stereocenters. The van der Waals surface area contributed by atoms with Gasteiger partial charge in [0.1, 0.15) is 5.75 Å². The van der Waals surface area contributed by atoms with E-state index in [9.17, 15) is 0 Å². The van der Waals surface area contributed by atoms with Gasteiger partial charge in [0, 0.05) is 20.3 Å². The molecule has 1 heterocycles. The molecule has 0 spiro atoms. The summed E-state index contributed by atoms with van der Waals surface area (Å²) in [7, 11) is 3.47. The van der Waals surface area contributed by atoms with Crippen molar-refractivity contribution in [2.45, 2.75) is 25.8 Å². The van der Waals surface area contributed by atoms with Gasteiger partial charge in [-0.15, -0.1) is 11.3 Å². The summed E-state index contributed by atoms with van der Waals surface area (Å²) < 4.78 is 10.3. The molecule has 0 saturated heterocycles. The fourth-order valence-electron chi connectivity index (χ4n) is 1.51. The maximum Gasteiger partial charge on any atom is 0.134 e. The summed E-state index contributed by atoms with van der Waals surface area (Å²) in [4.78, 5) is 1.28. The van der Waals surface area contributed by atoms with Crippen LogP contribution in [0.1, 0.15) is 24.1 Å². The molecule has 1 aromatic rings. The van der Waals surface area contributed by atoms with Crippen LogP contribution in [0.4, 0.5) is 0 Å². The summed E-state index contributed by atoms with van der Waals surface area (Å²) in [5.41, 5.74) is 0. The fourth-order valence-corrected chi connectivity index (χ4v) is 2.32. The molecule has 0 aromatic carbocycles.